The Morgan fingerprint density at radius 2 is 1.61 bits per heavy atom. The third-order valence-electron chi connectivity index (χ3n) is 6.06. The summed E-state index contributed by atoms with van der Waals surface area (Å²) in [6.45, 7) is 4.27. The summed E-state index contributed by atoms with van der Waals surface area (Å²) in [6, 6.07) is 15.3. The second kappa shape index (κ2) is 9.03. The molecular weight excluding hydrogens is 421 g/mol. The Labute approximate surface area is 182 Å². The van der Waals surface area contributed by atoms with E-state index >= 15 is 0 Å². The fraction of sp³-hybridized carbons (Fsp3) is 0.360. The van der Waals surface area contributed by atoms with E-state index in [9.17, 15) is 21.6 Å². The van der Waals surface area contributed by atoms with Crippen molar-refractivity contribution in [3.8, 4) is 0 Å². The Balaban J connectivity index is 1.91. The number of benzene rings is 2. The summed E-state index contributed by atoms with van der Waals surface area (Å²) >= 11 is 0. The van der Waals surface area contributed by atoms with Crippen LogP contribution in [0.1, 0.15) is 56.6 Å². The van der Waals surface area contributed by atoms with Crippen molar-refractivity contribution in [3.05, 3.63) is 89.5 Å². The summed E-state index contributed by atoms with van der Waals surface area (Å²) in [7, 11) is -5.34. The zero-order valence-corrected chi connectivity index (χ0v) is 18.5. The minimum absolute atomic E-state index is 0.120. The van der Waals surface area contributed by atoms with Gasteiger partial charge in [0.05, 0.1) is 4.90 Å². The van der Waals surface area contributed by atoms with Gasteiger partial charge in [-0.2, -0.15) is 13.2 Å². The van der Waals surface area contributed by atoms with Crippen molar-refractivity contribution in [3.63, 3.8) is 0 Å². The van der Waals surface area contributed by atoms with Crippen molar-refractivity contribution in [2.75, 3.05) is 0 Å². The lowest BCUT2D eigenvalue weighted by molar-refractivity contribution is -0.0436. The first-order chi connectivity index (χ1) is 14.6. The number of hydrogen-bond acceptors (Lipinski definition) is 2. The van der Waals surface area contributed by atoms with Gasteiger partial charge in [0.2, 0.25) is 0 Å². The molecule has 2 unspecified atom stereocenters. The Kier molecular flexibility index (Phi) is 6.79. The Morgan fingerprint density at radius 3 is 2.16 bits per heavy atom. The average molecular weight is 449 g/mol. The fourth-order valence-corrected chi connectivity index (χ4v) is 4.98. The SMILES string of the molecule is CCCCCC1(c2ccccc2)C=CC(c2ccc(S(=O)(=O)C(F)(F)F)cc2)C=C1C. The molecule has 0 saturated carbocycles. The predicted octanol–water partition coefficient (Wildman–Crippen LogP) is 7.10. The lowest BCUT2D eigenvalue weighted by Crippen LogP contribution is -2.28. The van der Waals surface area contributed by atoms with Crippen molar-refractivity contribution in [2.24, 2.45) is 0 Å². The molecule has 0 radical (unpaired) electrons. The summed E-state index contributed by atoms with van der Waals surface area (Å²) in [5.41, 5.74) is -2.34. The summed E-state index contributed by atoms with van der Waals surface area (Å²) in [4.78, 5) is -0.734. The molecule has 0 aliphatic heterocycles. The molecule has 1 aliphatic rings. The largest absolute Gasteiger partial charge is 0.501 e. The number of hydrogen-bond donors (Lipinski definition) is 0. The van der Waals surface area contributed by atoms with Crippen molar-refractivity contribution < 1.29 is 21.6 Å². The van der Waals surface area contributed by atoms with E-state index in [0.717, 1.165) is 43.4 Å². The molecule has 0 heterocycles. The van der Waals surface area contributed by atoms with Gasteiger partial charge in [-0.1, -0.05) is 92.5 Å². The maximum Gasteiger partial charge on any atom is 0.501 e. The molecule has 0 saturated heterocycles. The van der Waals surface area contributed by atoms with E-state index in [4.69, 9.17) is 0 Å². The van der Waals surface area contributed by atoms with E-state index in [-0.39, 0.29) is 11.3 Å². The summed E-state index contributed by atoms with van der Waals surface area (Å²) in [6.07, 6.45) is 10.8. The van der Waals surface area contributed by atoms with Crippen LogP contribution < -0.4 is 0 Å². The molecule has 6 heteroatoms. The molecule has 0 fully saturated rings. The number of allylic oxidation sites excluding steroid dienone is 4. The first-order valence-electron chi connectivity index (χ1n) is 10.5. The van der Waals surface area contributed by atoms with Crippen LogP contribution in [0.2, 0.25) is 0 Å². The molecule has 0 aromatic heterocycles. The smallest absolute Gasteiger partial charge is 0.214 e. The van der Waals surface area contributed by atoms with Gasteiger partial charge in [-0.3, -0.25) is 0 Å². The summed E-state index contributed by atoms with van der Waals surface area (Å²) < 4.78 is 61.6. The van der Waals surface area contributed by atoms with Gasteiger partial charge in [0.15, 0.2) is 0 Å². The molecule has 166 valence electrons. The van der Waals surface area contributed by atoms with Crippen molar-refractivity contribution in [2.45, 2.75) is 61.3 Å². The van der Waals surface area contributed by atoms with E-state index in [1.807, 2.05) is 18.2 Å². The first-order valence-corrected chi connectivity index (χ1v) is 12.0. The lowest BCUT2D eigenvalue weighted by atomic mass is 9.67. The Bertz CT molecular complexity index is 1050. The highest BCUT2D eigenvalue weighted by atomic mass is 32.2. The Hall–Kier alpha value is -2.34. The predicted molar refractivity (Wildman–Crippen MR) is 118 cm³/mol. The molecule has 3 rings (SSSR count). The Morgan fingerprint density at radius 1 is 0.968 bits per heavy atom. The zero-order chi connectivity index (χ0) is 22.7. The minimum atomic E-state index is -5.34. The number of halogens is 3. The highest BCUT2D eigenvalue weighted by Crippen LogP contribution is 2.44. The molecule has 1 aliphatic carbocycles. The molecule has 2 aromatic carbocycles. The van der Waals surface area contributed by atoms with Crippen molar-refractivity contribution in [1.29, 1.82) is 0 Å². The molecule has 2 aromatic rings. The normalized spacial score (nSPS) is 21.7. The highest BCUT2D eigenvalue weighted by molar-refractivity contribution is 7.92. The van der Waals surface area contributed by atoms with Gasteiger partial charge in [-0.25, -0.2) is 8.42 Å². The van der Waals surface area contributed by atoms with E-state index < -0.39 is 20.2 Å². The highest BCUT2D eigenvalue weighted by Gasteiger charge is 2.46. The van der Waals surface area contributed by atoms with Crippen LogP contribution in [0.3, 0.4) is 0 Å². The molecule has 2 nitrogen and oxygen atoms in total. The minimum Gasteiger partial charge on any atom is -0.214 e. The topological polar surface area (TPSA) is 34.1 Å². The molecule has 0 amide bonds. The summed E-state index contributed by atoms with van der Waals surface area (Å²) in [5, 5.41) is 0. The summed E-state index contributed by atoms with van der Waals surface area (Å²) in [5.74, 6) is -0.120. The quantitative estimate of drug-likeness (QED) is 0.334. The van der Waals surface area contributed by atoms with Gasteiger partial charge in [0.25, 0.3) is 9.84 Å². The van der Waals surface area contributed by atoms with Crippen LogP contribution in [0, 0.1) is 0 Å². The van der Waals surface area contributed by atoms with Crippen LogP contribution in [0.15, 0.2) is 83.3 Å². The van der Waals surface area contributed by atoms with Crippen molar-refractivity contribution in [1.82, 2.24) is 0 Å². The van der Waals surface area contributed by atoms with Crippen LogP contribution in [0.4, 0.5) is 13.2 Å². The number of alkyl halides is 3. The van der Waals surface area contributed by atoms with Crippen LogP contribution >= 0.6 is 0 Å². The second-order valence-electron chi connectivity index (χ2n) is 8.05. The van der Waals surface area contributed by atoms with Gasteiger partial charge in [-0.05, 0) is 36.6 Å². The molecule has 0 bridgehead atoms. The second-order valence-corrected chi connectivity index (χ2v) is 9.99. The van der Waals surface area contributed by atoms with Crippen LogP contribution in [0.5, 0.6) is 0 Å². The standard InChI is InChI=1S/C25H27F3O2S/c1-3-4-8-16-24(22-9-6-5-7-10-22)17-15-21(18-19(24)2)20-11-13-23(14-12-20)31(29,30)25(26,27)28/h5-7,9-15,17-18,21H,3-4,8,16H2,1-2H3. The maximum absolute atomic E-state index is 12.8. The fourth-order valence-electron chi connectivity index (χ4n) is 4.22. The van der Waals surface area contributed by atoms with Crippen molar-refractivity contribution >= 4 is 9.84 Å². The third-order valence-corrected chi connectivity index (χ3v) is 7.57. The van der Waals surface area contributed by atoms with Gasteiger partial charge in [0.1, 0.15) is 0 Å². The monoisotopic (exact) mass is 448 g/mol. The molecule has 0 N–H and O–H groups in total. The molecule has 0 spiro atoms. The first kappa shape index (κ1) is 23.3. The number of sulfone groups is 1. The van der Waals surface area contributed by atoms with E-state index in [1.165, 1.54) is 23.3 Å². The van der Waals surface area contributed by atoms with Gasteiger partial charge in [-0.15, -0.1) is 0 Å². The lowest BCUT2D eigenvalue weighted by Gasteiger charge is -2.37. The van der Waals surface area contributed by atoms with Gasteiger partial charge >= 0.3 is 5.51 Å². The van der Waals surface area contributed by atoms with Crippen LogP contribution in [0.25, 0.3) is 0 Å². The third kappa shape index (κ3) is 4.64. The molecule has 31 heavy (non-hydrogen) atoms. The zero-order valence-electron chi connectivity index (χ0n) is 17.7. The maximum atomic E-state index is 12.8. The van der Waals surface area contributed by atoms with Crippen LogP contribution in [-0.4, -0.2) is 13.9 Å². The van der Waals surface area contributed by atoms with Gasteiger partial charge < -0.3 is 0 Å². The van der Waals surface area contributed by atoms with E-state index in [2.05, 4.69) is 44.2 Å². The van der Waals surface area contributed by atoms with Crippen LogP contribution in [-0.2, 0) is 15.3 Å². The molecule has 2 atom stereocenters. The number of rotatable bonds is 7. The average Bonchev–Trinajstić information content (AvgIpc) is 2.75. The van der Waals surface area contributed by atoms with E-state index in [0.29, 0.717) is 0 Å². The number of unbranched alkanes of at least 4 members (excludes halogenated alkanes) is 2. The van der Waals surface area contributed by atoms with Gasteiger partial charge in [0, 0.05) is 11.3 Å². The van der Waals surface area contributed by atoms with E-state index in [1.54, 1.807) is 0 Å². The molecular formula is C25H27F3O2S.